The van der Waals surface area contributed by atoms with Crippen LogP contribution in [0.4, 0.5) is 0 Å². The zero-order chi connectivity index (χ0) is 16.2. The highest BCUT2D eigenvalue weighted by Crippen LogP contribution is 2.26. The minimum atomic E-state index is -0.929. The van der Waals surface area contributed by atoms with Gasteiger partial charge in [0.15, 0.2) is 0 Å². The van der Waals surface area contributed by atoms with Crippen molar-refractivity contribution in [1.29, 1.82) is 0 Å². The molecule has 1 aliphatic heterocycles. The molecule has 0 radical (unpaired) electrons. The van der Waals surface area contributed by atoms with Crippen LogP contribution in [0.5, 0.6) is 0 Å². The van der Waals surface area contributed by atoms with Gasteiger partial charge in [-0.3, -0.25) is 9.59 Å². The van der Waals surface area contributed by atoms with E-state index in [2.05, 4.69) is 21.2 Å². The molecule has 1 amide bonds. The molecule has 7 heteroatoms. The van der Waals surface area contributed by atoms with Gasteiger partial charge < -0.3 is 15.2 Å². The molecule has 1 heterocycles. The van der Waals surface area contributed by atoms with E-state index in [1.807, 2.05) is 25.1 Å². The maximum absolute atomic E-state index is 12.1. The molecule has 1 atom stereocenters. The van der Waals surface area contributed by atoms with Gasteiger partial charge in [0.05, 0.1) is 24.3 Å². The standard InChI is InChI=1S/C15H18BrNO4S/c1-10-6-11(16)2-3-12(10)22-8-13(18)17-15(7-14(19)20)4-5-21-9-15/h2-3,6H,4-5,7-9H2,1H3,(H,17,18)(H,19,20). The molecule has 5 nitrogen and oxygen atoms in total. The van der Waals surface area contributed by atoms with Crippen molar-refractivity contribution in [3.05, 3.63) is 28.2 Å². The fourth-order valence-electron chi connectivity index (χ4n) is 2.43. The predicted molar refractivity (Wildman–Crippen MR) is 88.2 cm³/mol. The fourth-order valence-corrected chi connectivity index (χ4v) is 3.71. The molecule has 1 aromatic carbocycles. The number of carbonyl (C=O) groups is 2. The minimum Gasteiger partial charge on any atom is -0.481 e. The summed E-state index contributed by atoms with van der Waals surface area (Å²) in [7, 11) is 0. The number of thioether (sulfide) groups is 1. The quantitative estimate of drug-likeness (QED) is 0.733. The van der Waals surface area contributed by atoms with Crippen molar-refractivity contribution in [3.8, 4) is 0 Å². The largest absolute Gasteiger partial charge is 0.481 e. The van der Waals surface area contributed by atoms with Crippen molar-refractivity contribution in [2.45, 2.75) is 30.2 Å². The molecule has 1 unspecified atom stereocenters. The maximum atomic E-state index is 12.1. The molecule has 120 valence electrons. The van der Waals surface area contributed by atoms with Crippen LogP contribution in [0.2, 0.25) is 0 Å². The number of hydrogen-bond acceptors (Lipinski definition) is 4. The molecule has 2 rings (SSSR count). The summed E-state index contributed by atoms with van der Waals surface area (Å²) in [6.45, 7) is 2.72. The number of nitrogens with one attached hydrogen (secondary N) is 1. The molecule has 0 bridgehead atoms. The van der Waals surface area contributed by atoms with Gasteiger partial charge in [0.1, 0.15) is 0 Å². The topological polar surface area (TPSA) is 75.6 Å². The van der Waals surface area contributed by atoms with Gasteiger partial charge >= 0.3 is 5.97 Å². The highest BCUT2D eigenvalue weighted by atomic mass is 79.9. The maximum Gasteiger partial charge on any atom is 0.305 e. The van der Waals surface area contributed by atoms with Crippen LogP contribution >= 0.6 is 27.7 Å². The van der Waals surface area contributed by atoms with E-state index in [0.717, 1.165) is 14.9 Å². The SMILES string of the molecule is Cc1cc(Br)ccc1SCC(=O)NC1(CC(=O)O)CCOC1. The normalized spacial score (nSPS) is 20.8. The van der Waals surface area contributed by atoms with Crippen LogP contribution in [-0.4, -0.2) is 41.5 Å². The van der Waals surface area contributed by atoms with Crippen molar-refractivity contribution in [2.75, 3.05) is 19.0 Å². The fraction of sp³-hybridized carbons (Fsp3) is 0.467. The first-order chi connectivity index (χ1) is 10.4. The first kappa shape index (κ1) is 17.3. The summed E-state index contributed by atoms with van der Waals surface area (Å²) >= 11 is 4.85. The van der Waals surface area contributed by atoms with Gasteiger partial charge in [-0.1, -0.05) is 15.9 Å². The minimum absolute atomic E-state index is 0.110. The number of carbonyl (C=O) groups excluding carboxylic acids is 1. The molecular formula is C15H18BrNO4S. The number of aliphatic carboxylic acids is 1. The number of amides is 1. The number of hydrogen-bond donors (Lipinski definition) is 2. The van der Waals surface area contributed by atoms with Crippen molar-refractivity contribution < 1.29 is 19.4 Å². The van der Waals surface area contributed by atoms with Gasteiger partial charge in [0.25, 0.3) is 0 Å². The number of carboxylic acid groups (broad SMARTS) is 1. The van der Waals surface area contributed by atoms with Crippen molar-refractivity contribution in [3.63, 3.8) is 0 Å². The van der Waals surface area contributed by atoms with Crippen LogP contribution in [0, 0.1) is 6.92 Å². The number of halogens is 1. The molecular weight excluding hydrogens is 370 g/mol. The van der Waals surface area contributed by atoms with E-state index in [1.54, 1.807) is 0 Å². The summed E-state index contributed by atoms with van der Waals surface area (Å²) in [5.41, 5.74) is 0.328. The number of carboxylic acids is 1. The molecule has 1 aromatic rings. The third kappa shape index (κ3) is 4.72. The lowest BCUT2D eigenvalue weighted by Gasteiger charge is -2.26. The van der Waals surface area contributed by atoms with Crippen LogP contribution in [0.1, 0.15) is 18.4 Å². The summed E-state index contributed by atoms with van der Waals surface area (Å²) in [6.07, 6.45) is 0.424. The van der Waals surface area contributed by atoms with Crippen LogP contribution in [0.3, 0.4) is 0 Å². The second-order valence-electron chi connectivity index (χ2n) is 5.40. The molecule has 0 aromatic heterocycles. The third-order valence-corrected chi connectivity index (χ3v) is 5.16. The predicted octanol–water partition coefficient (Wildman–Crippen LogP) is 2.60. The summed E-state index contributed by atoms with van der Waals surface area (Å²) in [5.74, 6) is -0.842. The Balaban J connectivity index is 1.92. The average Bonchev–Trinajstić information content (AvgIpc) is 2.84. The first-order valence-corrected chi connectivity index (χ1v) is 8.68. The van der Waals surface area contributed by atoms with Gasteiger partial charge in [-0.2, -0.15) is 0 Å². The Hall–Kier alpha value is -1.05. The highest BCUT2D eigenvalue weighted by Gasteiger charge is 2.38. The third-order valence-electron chi connectivity index (χ3n) is 3.49. The van der Waals surface area contributed by atoms with E-state index in [-0.39, 0.29) is 24.7 Å². The Morgan fingerprint density at radius 2 is 2.27 bits per heavy atom. The van der Waals surface area contributed by atoms with Crippen molar-refractivity contribution in [2.24, 2.45) is 0 Å². The summed E-state index contributed by atoms with van der Waals surface area (Å²) in [5, 5.41) is 11.9. The van der Waals surface area contributed by atoms with E-state index in [9.17, 15) is 9.59 Å². The Labute approximate surface area is 141 Å². The molecule has 2 N–H and O–H groups in total. The second kappa shape index (κ2) is 7.48. The van der Waals surface area contributed by atoms with E-state index in [1.165, 1.54) is 11.8 Å². The molecule has 0 saturated carbocycles. The van der Waals surface area contributed by atoms with Crippen molar-refractivity contribution in [1.82, 2.24) is 5.32 Å². The Morgan fingerprint density at radius 1 is 1.50 bits per heavy atom. The Morgan fingerprint density at radius 3 is 2.86 bits per heavy atom. The first-order valence-electron chi connectivity index (χ1n) is 6.90. The summed E-state index contributed by atoms with van der Waals surface area (Å²) < 4.78 is 6.27. The van der Waals surface area contributed by atoms with Gasteiger partial charge in [-0.25, -0.2) is 0 Å². The smallest absolute Gasteiger partial charge is 0.305 e. The lowest BCUT2D eigenvalue weighted by molar-refractivity contribution is -0.139. The van der Waals surface area contributed by atoms with Crippen LogP contribution < -0.4 is 5.32 Å². The van der Waals surface area contributed by atoms with E-state index >= 15 is 0 Å². The number of aryl methyl sites for hydroxylation is 1. The molecule has 0 spiro atoms. The van der Waals surface area contributed by atoms with Crippen LogP contribution in [-0.2, 0) is 14.3 Å². The Kier molecular flexibility index (Phi) is 5.88. The number of benzene rings is 1. The zero-order valence-corrected chi connectivity index (χ0v) is 14.6. The van der Waals surface area contributed by atoms with E-state index in [4.69, 9.17) is 9.84 Å². The van der Waals surface area contributed by atoms with Crippen LogP contribution in [0.15, 0.2) is 27.6 Å². The average molecular weight is 388 g/mol. The summed E-state index contributed by atoms with van der Waals surface area (Å²) in [6, 6.07) is 5.89. The van der Waals surface area contributed by atoms with Gasteiger partial charge in [-0.05, 0) is 37.1 Å². The highest BCUT2D eigenvalue weighted by molar-refractivity contribution is 9.10. The van der Waals surface area contributed by atoms with Gasteiger partial charge in [0.2, 0.25) is 5.91 Å². The lowest BCUT2D eigenvalue weighted by Crippen LogP contribution is -2.51. The summed E-state index contributed by atoms with van der Waals surface area (Å²) in [4.78, 5) is 24.2. The molecule has 0 aliphatic carbocycles. The second-order valence-corrected chi connectivity index (χ2v) is 7.33. The molecule has 22 heavy (non-hydrogen) atoms. The number of rotatable bonds is 6. The molecule has 1 fully saturated rings. The lowest BCUT2D eigenvalue weighted by atomic mass is 9.94. The van der Waals surface area contributed by atoms with Gasteiger partial charge in [-0.15, -0.1) is 11.8 Å². The molecule has 1 saturated heterocycles. The van der Waals surface area contributed by atoms with Crippen LogP contribution in [0.25, 0.3) is 0 Å². The monoisotopic (exact) mass is 387 g/mol. The van der Waals surface area contributed by atoms with Crippen molar-refractivity contribution >= 4 is 39.6 Å². The van der Waals surface area contributed by atoms with Gasteiger partial charge in [0, 0.05) is 16.0 Å². The molecule has 1 aliphatic rings. The zero-order valence-electron chi connectivity index (χ0n) is 12.2. The Bertz CT molecular complexity index is 573. The van der Waals surface area contributed by atoms with E-state index in [0.29, 0.717) is 13.0 Å². The van der Waals surface area contributed by atoms with E-state index < -0.39 is 11.5 Å². The number of ether oxygens (including phenoxy) is 1.